The molecular formula is C29H36N2O3. The Morgan fingerprint density at radius 1 is 0.765 bits per heavy atom. The first-order chi connectivity index (χ1) is 16.0. The molecule has 3 rings (SSSR count). The third kappa shape index (κ3) is 6.10. The summed E-state index contributed by atoms with van der Waals surface area (Å²) in [5, 5.41) is 6.43. The minimum absolute atomic E-state index is 0.196. The molecule has 3 aromatic rings. The molecule has 0 aliphatic heterocycles. The molecule has 0 radical (unpaired) electrons. The van der Waals surface area contributed by atoms with Crippen LogP contribution >= 0.6 is 0 Å². The molecular weight excluding hydrogens is 424 g/mol. The maximum atomic E-state index is 12.7. The van der Waals surface area contributed by atoms with Crippen molar-refractivity contribution in [2.75, 3.05) is 10.6 Å². The summed E-state index contributed by atoms with van der Waals surface area (Å²) in [6.45, 7) is 16.0. The van der Waals surface area contributed by atoms with Crippen LogP contribution in [0.5, 0.6) is 11.5 Å². The van der Waals surface area contributed by atoms with Crippen molar-refractivity contribution in [1.29, 1.82) is 0 Å². The Hall–Kier alpha value is -3.47. The molecule has 0 aromatic heterocycles. The minimum Gasteiger partial charge on any atom is -0.480 e. The normalized spacial score (nSPS) is 12.6. The molecule has 0 saturated carbocycles. The molecule has 0 aliphatic rings. The van der Waals surface area contributed by atoms with Crippen LogP contribution in [0, 0.1) is 41.5 Å². The summed E-state index contributed by atoms with van der Waals surface area (Å²) in [6.07, 6.45) is -0.914. The fraction of sp³-hybridized carbons (Fsp3) is 0.345. The third-order valence-electron chi connectivity index (χ3n) is 5.88. The molecule has 2 atom stereocenters. The molecule has 0 bridgehead atoms. The van der Waals surface area contributed by atoms with Crippen LogP contribution in [0.1, 0.15) is 47.2 Å². The summed E-state index contributed by atoms with van der Waals surface area (Å²) < 4.78 is 12.2. The van der Waals surface area contributed by atoms with E-state index in [2.05, 4.69) is 43.5 Å². The third-order valence-corrected chi connectivity index (χ3v) is 5.88. The van der Waals surface area contributed by atoms with E-state index in [-0.39, 0.29) is 12.1 Å². The average molecular weight is 461 g/mol. The van der Waals surface area contributed by atoms with Crippen molar-refractivity contribution in [3.63, 3.8) is 0 Å². The summed E-state index contributed by atoms with van der Waals surface area (Å²) in [5.41, 5.74) is 8.51. The van der Waals surface area contributed by atoms with Gasteiger partial charge in [0.15, 0.2) is 12.3 Å². The van der Waals surface area contributed by atoms with Gasteiger partial charge in [0.2, 0.25) is 0 Å². The number of aryl methyl sites for hydroxylation is 5. The zero-order chi connectivity index (χ0) is 25.0. The van der Waals surface area contributed by atoms with Crippen molar-refractivity contribution in [3.8, 4) is 11.5 Å². The maximum absolute atomic E-state index is 12.7. The number of benzene rings is 3. The van der Waals surface area contributed by atoms with Crippen molar-refractivity contribution in [2.45, 2.75) is 67.7 Å². The Bertz CT molecular complexity index is 1160. The quantitative estimate of drug-likeness (QED) is 0.364. The number of amides is 1. The smallest absolute Gasteiger partial charge is 0.265 e. The monoisotopic (exact) mass is 460 g/mol. The Morgan fingerprint density at radius 3 is 1.97 bits per heavy atom. The van der Waals surface area contributed by atoms with Gasteiger partial charge < -0.3 is 20.1 Å². The number of ether oxygens (including phenoxy) is 2. The van der Waals surface area contributed by atoms with E-state index in [0.29, 0.717) is 11.5 Å². The predicted molar refractivity (Wildman–Crippen MR) is 140 cm³/mol. The number of hydrogen-bond donors (Lipinski definition) is 2. The van der Waals surface area contributed by atoms with Gasteiger partial charge in [0.25, 0.3) is 5.91 Å². The van der Waals surface area contributed by atoms with Gasteiger partial charge in [0.05, 0.1) is 0 Å². The number of carbonyl (C=O) groups is 1. The van der Waals surface area contributed by atoms with E-state index in [1.165, 1.54) is 16.7 Å². The number of rotatable bonds is 8. The molecule has 3 aromatic carbocycles. The van der Waals surface area contributed by atoms with Crippen LogP contribution in [0.25, 0.3) is 0 Å². The van der Waals surface area contributed by atoms with Crippen LogP contribution in [0.2, 0.25) is 0 Å². The van der Waals surface area contributed by atoms with Crippen molar-refractivity contribution >= 4 is 17.3 Å². The van der Waals surface area contributed by atoms with E-state index in [9.17, 15) is 4.79 Å². The highest BCUT2D eigenvalue weighted by atomic mass is 16.5. The van der Waals surface area contributed by atoms with Crippen LogP contribution in [-0.2, 0) is 4.79 Å². The van der Waals surface area contributed by atoms with Crippen LogP contribution in [0.15, 0.2) is 48.5 Å². The second-order valence-electron chi connectivity index (χ2n) is 9.13. The Morgan fingerprint density at radius 2 is 1.35 bits per heavy atom. The topological polar surface area (TPSA) is 59.6 Å². The largest absolute Gasteiger partial charge is 0.480 e. The van der Waals surface area contributed by atoms with E-state index >= 15 is 0 Å². The van der Waals surface area contributed by atoms with Crippen LogP contribution in [-0.4, -0.2) is 18.2 Å². The molecule has 0 spiro atoms. The highest BCUT2D eigenvalue weighted by molar-refractivity contribution is 5.94. The van der Waals surface area contributed by atoms with Crippen molar-refractivity contribution in [2.24, 2.45) is 0 Å². The van der Waals surface area contributed by atoms with E-state index in [1.54, 1.807) is 6.92 Å². The minimum atomic E-state index is -0.664. The van der Waals surface area contributed by atoms with Gasteiger partial charge in [-0.2, -0.15) is 0 Å². The van der Waals surface area contributed by atoms with Crippen LogP contribution in [0.4, 0.5) is 11.4 Å². The first-order valence-corrected chi connectivity index (χ1v) is 11.7. The molecule has 0 heterocycles. The van der Waals surface area contributed by atoms with Gasteiger partial charge in [-0.15, -0.1) is 0 Å². The summed E-state index contributed by atoms with van der Waals surface area (Å²) in [4.78, 5) is 12.7. The lowest BCUT2D eigenvalue weighted by Crippen LogP contribution is -2.30. The molecule has 5 nitrogen and oxygen atoms in total. The Labute approximate surface area is 203 Å². The highest BCUT2D eigenvalue weighted by Gasteiger charge is 2.19. The fourth-order valence-corrected chi connectivity index (χ4v) is 4.11. The van der Waals surface area contributed by atoms with E-state index < -0.39 is 6.10 Å². The van der Waals surface area contributed by atoms with Crippen molar-refractivity contribution < 1.29 is 14.3 Å². The average Bonchev–Trinajstić information content (AvgIpc) is 2.75. The van der Waals surface area contributed by atoms with Crippen LogP contribution in [0.3, 0.4) is 0 Å². The lowest BCUT2D eigenvalue weighted by atomic mass is 10.1. The molecule has 1 amide bonds. The number of nitrogens with one attached hydrogen (secondary N) is 2. The second-order valence-corrected chi connectivity index (χ2v) is 9.13. The van der Waals surface area contributed by atoms with Gasteiger partial charge in [0, 0.05) is 16.9 Å². The summed E-state index contributed by atoms with van der Waals surface area (Å²) in [6, 6.07) is 15.9. The molecule has 5 heteroatoms. The number of anilines is 2. The van der Waals surface area contributed by atoms with E-state index in [1.807, 2.05) is 64.1 Å². The van der Waals surface area contributed by atoms with Crippen molar-refractivity contribution in [3.05, 3.63) is 81.9 Å². The van der Waals surface area contributed by atoms with Crippen molar-refractivity contribution in [1.82, 2.24) is 0 Å². The van der Waals surface area contributed by atoms with Gasteiger partial charge in [-0.1, -0.05) is 41.5 Å². The Kier molecular flexibility index (Phi) is 7.87. The zero-order valence-corrected chi connectivity index (χ0v) is 21.5. The van der Waals surface area contributed by atoms with Crippen LogP contribution < -0.4 is 20.1 Å². The molecule has 0 fully saturated rings. The predicted octanol–water partition coefficient (Wildman–Crippen LogP) is 6.78. The Balaban J connectivity index is 1.67. The SMILES string of the molecule is Cc1ccc(NC(=O)C(C)Oc2cccc(O[C@H](C)Nc3c(C)cc(C)cc3C)c2C)c(C)c1. The fourth-order valence-electron chi connectivity index (χ4n) is 4.11. The number of hydrogen-bond acceptors (Lipinski definition) is 4. The molecule has 1 unspecified atom stereocenters. The van der Waals surface area contributed by atoms with Gasteiger partial charge in [0.1, 0.15) is 11.5 Å². The molecule has 180 valence electrons. The number of carbonyl (C=O) groups excluding carboxylic acids is 1. The summed E-state index contributed by atoms with van der Waals surface area (Å²) in [5.74, 6) is 1.13. The standard InChI is InChI=1S/C29H36N2O3/c1-17-12-13-25(19(3)14-17)31-29(32)23(7)33-26-10-9-11-27(22(26)6)34-24(8)30-28-20(4)15-18(2)16-21(28)5/h9-16,23-24,30H,1-8H3,(H,31,32)/t23?,24-/m1/s1. The molecule has 2 N–H and O–H groups in total. The summed E-state index contributed by atoms with van der Waals surface area (Å²) >= 11 is 0. The summed E-state index contributed by atoms with van der Waals surface area (Å²) in [7, 11) is 0. The van der Waals surface area contributed by atoms with E-state index in [0.717, 1.165) is 28.1 Å². The lowest BCUT2D eigenvalue weighted by Gasteiger charge is -2.23. The molecule has 0 saturated heterocycles. The lowest BCUT2D eigenvalue weighted by molar-refractivity contribution is -0.122. The first kappa shape index (κ1) is 25.2. The van der Waals surface area contributed by atoms with Gasteiger partial charge in [-0.3, -0.25) is 4.79 Å². The first-order valence-electron chi connectivity index (χ1n) is 11.7. The maximum Gasteiger partial charge on any atom is 0.265 e. The molecule has 0 aliphatic carbocycles. The van der Waals surface area contributed by atoms with Gasteiger partial charge in [-0.05, 0) is 90.3 Å². The van der Waals surface area contributed by atoms with E-state index in [4.69, 9.17) is 9.47 Å². The highest BCUT2D eigenvalue weighted by Crippen LogP contribution is 2.30. The van der Waals surface area contributed by atoms with Gasteiger partial charge in [-0.25, -0.2) is 0 Å². The van der Waals surface area contributed by atoms with Gasteiger partial charge >= 0.3 is 0 Å². The molecule has 34 heavy (non-hydrogen) atoms. The second kappa shape index (κ2) is 10.6. The zero-order valence-electron chi connectivity index (χ0n) is 21.5.